The van der Waals surface area contributed by atoms with Crippen molar-refractivity contribution in [1.82, 2.24) is 5.32 Å². The van der Waals surface area contributed by atoms with E-state index in [1.165, 1.54) is 11.1 Å². The maximum absolute atomic E-state index is 10.6. The summed E-state index contributed by atoms with van der Waals surface area (Å²) in [6.07, 6.45) is 0.786. The summed E-state index contributed by atoms with van der Waals surface area (Å²) in [6.45, 7) is 0.731. The molecule has 0 amide bonds. The van der Waals surface area contributed by atoms with Crippen molar-refractivity contribution in [3.05, 3.63) is 95.6 Å². The SMILES string of the molecule is COc1cccc(C(Cc2ccccc2)NCc2ccccc2)c1O. The Kier molecular flexibility index (Phi) is 5.70. The van der Waals surface area contributed by atoms with Gasteiger partial charge in [-0.2, -0.15) is 0 Å². The standard InChI is InChI=1S/C22H23NO2/c1-25-21-14-8-13-19(22(21)24)20(15-17-9-4-2-5-10-17)23-16-18-11-6-3-7-12-18/h2-14,20,23-24H,15-16H2,1H3. The third-order valence-corrected chi connectivity index (χ3v) is 4.30. The van der Waals surface area contributed by atoms with Crippen LogP contribution in [-0.2, 0) is 13.0 Å². The van der Waals surface area contributed by atoms with Gasteiger partial charge in [0.25, 0.3) is 0 Å². The number of aromatic hydroxyl groups is 1. The Morgan fingerprint density at radius 3 is 2.12 bits per heavy atom. The molecule has 3 aromatic rings. The van der Waals surface area contributed by atoms with Gasteiger partial charge in [-0.3, -0.25) is 0 Å². The van der Waals surface area contributed by atoms with Crippen molar-refractivity contribution in [2.24, 2.45) is 0 Å². The molecule has 0 spiro atoms. The van der Waals surface area contributed by atoms with E-state index in [0.717, 1.165) is 18.5 Å². The largest absolute Gasteiger partial charge is 0.504 e. The van der Waals surface area contributed by atoms with Gasteiger partial charge in [-0.25, -0.2) is 0 Å². The van der Waals surface area contributed by atoms with E-state index in [-0.39, 0.29) is 11.8 Å². The van der Waals surface area contributed by atoms with Crippen LogP contribution in [0.4, 0.5) is 0 Å². The monoisotopic (exact) mass is 333 g/mol. The second-order valence-corrected chi connectivity index (χ2v) is 6.01. The van der Waals surface area contributed by atoms with Gasteiger partial charge in [0, 0.05) is 18.2 Å². The fourth-order valence-electron chi connectivity index (χ4n) is 2.96. The molecule has 3 aromatic carbocycles. The summed E-state index contributed by atoms with van der Waals surface area (Å²) in [5.74, 6) is 0.698. The molecular weight excluding hydrogens is 310 g/mol. The molecule has 0 aromatic heterocycles. The highest BCUT2D eigenvalue weighted by atomic mass is 16.5. The number of benzene rings is 3. The molecule has 3 rings (SSSR count). The van der Waals surface area contributed by atoms with Crippen molar-refractivity contribution < 1.29 is 9.84 Å². The molecule has 0 saturated carbocycles. The lowest BCUT2D eigenvalue weighted by Gasteiger charge is -2.21. The maximum atomic E-state index is 10.6. The van der Waals surface area contributed by atoms with E-state index in [0.29, 0.717) is 5.75 Å². The summed E-state index contributed by atoms with van der Waals surface area (Å²) < 4.78 is 5.27. The Hall–Kier alpha value is -2.78. The van der Waals surface area contributed by atoms with Crippen LogP contribution in [0.2, 0.25) is 0 Å². The summed E-state index contributed by atoms with van der Waals surface area (Å²) in [4.78, 5) is 0. The van der Waals surface area contributed by atoms with E-state index in [2.05, 4.69) is 29.6 Å². The molecule has 2 N–H and O–H groups in total. The number of methoxy groups -OCH3 is 1. The topological polar surface area (TPSA) is 41.5 Å². The van der Waals surface area contributed by atoms with Crippen molar-refractivity contribution in [2.45, 2.75) is 19.0 Å². The average Bonchev–Trinajstić information content (AvgIpc) is 2.67. The molecule has 3 nitrogen and oxygen atoms in total. The van der Waals surface area contributed by atoms with Crippen LogP contribution in [0.25, 0.3) is 0 Å². The summed E-state index contributed by atoms with van der Waals surface area (Å²) in [7, 11) is 1.57. The van der Waals surface area contributed by atoms with Crippen molar-refractivity contribution >= 4 is 0 Å². The first kappa shape index (κ1) is 17.1. The van der Waals surface area contributed by atoms with Crippen molar-refractivity contribution in [2.75, 3.05) is 7.11 Å². The van der Waals surface area contributed by atoms with Crippen LogP contribution in [0.15, 0.2) is 78.9 Å². The fraction of sp³-hybridized carbons (Fsp3) is 0.182. The van der Waals surface area contributed by atoms with Crippen LogP contribution >= 0.6 is 0 Å². The van der Waals surface area contributed by atoms with Gasteiger partial charge in [0.05, 0.1) is 7.11 Å². The highest BCUT2D eigenvalue weighted by Crippen LogP contribution is 2.34. The zero-order valence-electron chi connectivity index (χ0n) is 14.4. The predicted molar refractivity (Wildman–Crippen MR) is 101 cm³/mol. The summed E-state index contributed by atoms with van der Waals surface area (Å²) >= 11 is 0. The molecule has 0 radical (unpaired) electrons. The fourth-order valence-corrected chi connectivity index (χ4v) is 2.96. The molecule has 3 heteroatoms. The molecule has 1 atom stereocenters. The number of ether oxygens (including phenoxy) is 1. The molecular formula is C22H23NO2. The normalized spacial score (nSPS) is 11.9. The molecule has 0 aliphatic heterocycles. The van der Waals surface area contributed by atoms with Gasteiger partial charge in [0.15, 0.2) is 11.5 Å². The van der Waals surface area contributed by atoms with Gasteiger partial charge in [-0.15, -0.1) is 0 Å². The number of phenolic OH excluding ortho intramolecular Hbond substituents is 1. The Morgan fingerprint density at radius 1 is 0.840 bits per heavy atom. The van der Waals surface area contributed by atoms with Gasteiger partial charge >= 0.3 is 0 Å². The first-order valence-electron chi connectivity index (χ1n) is 8.45. The lowest BCUT2D eigenvalue weighted by Crippen LogP contribution is -2.23. The van der Waals surface area contributed by atoms with Crippen molar-refractivity contribution in [3.63, 3.8) is 0 Å². The highest BCUT2D eigenvalue weighted by molar-refractivity contribution is 5.47. The van der Waals surface area contributed by atoms with Crippen molar-refractivity contribution in [3.8, 4) is 11.5 Å². The van der Waals surface area contributed by atoms with Gasteiger partial charge in [-0.1, -0.05) is 72.8 Å². The number of nitrogens with one attached hydrogen (secondary N) is 1. The molecule has 1 unspecified atom stereocenters. The van der Waals surface area contributed by atoms with E-state index in [1.54, 1.807) is 13.2 Å². The quantitative estimate of drug-likeness (QED) is 0.670. The van der Waals surface area contributed by atoms with Gasteiger partial charge in [-0.05, 0) is 23.6 Å². The third-order valence-electron chi connectivity index (χ3n) is 4.30. The third kappa shape index (κ3) is 4.40. The lowest BCUT2D eigenvalue weighted by molar-refractivity contribution is 0.365. The Labute approximate surface area is 148 Å². The zero-order valence-corrected chi connectivity index (χ0v) is 14.4. The molecule has 25 heavy (non-hydrogen) atoms. The second kappa shape index (κ2) is 8.36. The first-order valence-corrected chi connectivity index (χ1v) is 8.45. The van der Waals surface area contributed by atoms with E-state index < -0.39 is 0 Å². The Bertz CT molecular complexity index is 788. The molecule has 0 heterocycles. The molecule has 0 aliphatic carbocycles. The van der Waals surface area contributed by atoms with E-state index in [4.69, 9.17) is 4.74 Å². The smallest absolute Gasteiger partial charge is 0.162 e. The minimum atomic E-state index is -0.0160. The second-order valence-electron chi connectivity index (χ2n) is 6.01. The van der Waals surface area contributed by atoms with Crippen LogP contribution in [0.1, 0.15) is 22.7 Å². The number of hydrogen-bond donors (Lipinski definition) is 2. The van der Waals surface area contributed by atoms with E-state index in [9.17, 15) is 5.11 Å². The summed E-state index contributed by atoms with van der Waals surface area (Å²) in [5.41, 5.74) is 3.28. The number of phenols is 1. The molecule has 0 saturated heterocycles. The molecule has 0 aliphatic rings. The first-order chi connectivity index (χ1) is 12.3. The Balaban J connectivity index is 1.86. The maximum Gasteiger partial charge on any atom is 0.162 e. The minimum Gasteiger partial charge on any atom is -0.504 e. The Morgan fingerprint density at radius 2 is 1.48 bits per heavy atom. The lowest BCUT2D eigenvalue weighted by atomic mass is 9.97. The zero-order chi connectivity index (χ0) is 17.5. The number of para-hydroxylation sites is 1. The average molecular weight is 333 g/mol. The molecule has 128 valence electrons. The van der Waals surface area contributed by atoms with E-state index in [1.807, 2.05) is 48.5 Å². The van der Waals surface area contributed by atoms with Gasteiger partial charge < -0.3 is 15.2 Å². The van der Waals surface area contributed by atoms with Crippen LogP contribution < -0.4 is 10.1 Å². The summed E-state index contributed by atoms with van der Waals surface area (Å²) in [6, 6.07) is 26.2. The summed E-state index contributed by atoms with van der Waals surface area (Å²) in [5, 5.41) is 14.1. The van der Waals surface area contributed by atoms with E-state index >= 15 is 0 Å². The van der Waals surface area contributed by atoms with Crippen LogP contribution in [0.3, 0.4) is 0 Å². The minimum absolute atomic E-state index is 0.0160. The highest BCUT2D eigenvalue weighted by Gasteiger charge is 2.18. The number of rotatable bonds is 7. The number of hydrogen-bond acceptors (Lipinski definition) is 3. The molecule has 0 bridgehead atoms. The molecule has 0 fully saturated rings. The predicted octanol–water partition coefficient (Wildman–Crippen LogP) is 4.47. The van der Waals surface area contributed by atoms with Crippen LogP contribution in [0.5, 0.6) is 11.5 Å². The van der Waals surface area contributed by atoms with Crippen molar-refractivity contribution in [1.29, 1.82) is 0 Å². The van der Waals surface area contributed by atoms with Crippen LogP contribution in [0, 0.1) is 0 Å². The van der Waals surface area contributed by atoms with Gasteiger partial charge in [0.1, 0.15) is 0 Å². The van der Waals surface area contributed by atoms with Crippen LogP contribution in [-0.4, -0.2) is 12.2 Å². The van der Waals surface area contributed by atoms with Gasteiger partial charge in [0.2, 0.25) is 0 Å².